The Morgan fingerprint density at radius 3 is 2.39 bits per heavy atom. The molecule has 1 aliphatic rings. The van der Waals surface area contributed by atoms with E-state index in [-0.39, 0.29) is 0 Å². The molecule has 0 radical (unpaired) electrons. The number of methoxy groups -OCH3 is 1. The van der Waals surface area contributed by atoms with E-state index in [1.54, 1.807) is 7.11 Å². The quantitative estimate of drug-likeness (QED) is 0.360. The number of para-hydroxylation sites is 1. The van der Waals surface area contributed by atoms with E-state index in [2.05, 4.69) is 30.3 Å². The van der Waals surface area contributed by atoms with Crippen molar-refractivity contribution >= 4 is 17.6 Å². The average molecular weight is 443 g/mol. The molecule has 2 aromatic carbocycles. The van der Waals surface area contributed by atoms with Crippen LogP contribution in [0, 0.1) is 5.92 Å². The van der Waals surface area contributed by atoms with Crippen LogP contribution in [0.25, 0.3) is 0 Å². The van der Waals surface area contributed by atoms with Gasteiger partial charge in [0.15, 0.2) is 0 Å². The molecule has 1 N–H and O–H groups in total. The molecule has 0 heterocycles. The van der Waals surface area contributed by atoms with Gasteiger partial charge in [-0.05, 0) is 73.1 Å². The number of carbonyl (C=O) groups is 1. The molecule has 0 bridgehead atoms. The first-order valence-electron chi connectivity index (χ1n) is 11.7. The molecule has 3 atom stereocenters. The average Bonchev–Trinajstić information content (AvgIpc) is 2.78. The summed E-state index contributed by atoms with van der Waals surface area (Å²) in [4.78, 5) is 10.6. The largest absolute Gasteiger partial charge is 0.496 e. The lowest BCUT2D eigenvalue weighted by Crippen LogP contribution is -2.23. The highest BCUT2D eigenvalue weighted by molar-refractivity contribution is 6.31. The van der Waals surface area contributed by atoms with Crippen molar-refractivity contribution in [2.45, 2.75) is 76.0 Å². The Hall–Kier alpha value is -2.00. The summed E-state index contributed by atoms with van der Waals surface area (Å²) in [6.07, 6.45) is 10.3. The fourth-order valence-corrected chi connectivity index (χ4v) is 5.52. The molecular weight excluding hydrogens is 408 g/mol. The van der Waals surface area contributed by atoms with Gasteiger partial charge in [-0.3, -0.25) is 4.79 Å². The van der Waals surface area contributed by atoms with E-state index in [0.717, 1.165) is 36.5 Å². The number of halogens is 1. The highest BCUT2D eigenvalue weighted by Gasteiger charge is 2.34. The van der Waals surface area contributed by atoms with E-state index < -0.39 is 5.97 Å². The topological polar surface area (TPSA) is 46.5 Å². The zero-order valence-corrected chi connectivity index (χ0v) is 19.3. The van der Waals surface area contributed by atoms with Crippen LogP contribution in [0.2, 0.25) is 5.02 Å². The second-order valence-corrected chi connectivity index (χ2v) is 9.25. The Kier molecular flexibility index (Phi) is 9.27. The molecule has 0 unspecified atom stereocenters. The number of rotatable bonds is 11. The van der Waals surface area contributed by atoms with Gasteiger partial charge < -0.3 is 9.84 Å². The number of aliphatic carboxylic acids is 1. The molecule has 0 spiro atoms. The number of carboxylic acids is 1. The maximum absolute atomic E-state index is 10.6. The maximum Gasteiger partial charge on any atom is 0.303 e. The minimum Gasteiger partial charge on any atom is -0.496 e. The molecule has 0 aliphatic heterocycles. The van der Waals surface area contributed by atoms with Gasteiger partial charge in [-0.1, -0.05) is 73.7 Å². The molecule has 3 nitrogen and oxygen atoms in total. The van der Waals surface area contributed by atoms with Crippen LogP contribution in [0.3, 0.4) is 0 Å². The van der Waals surface area contributed by atoms with Gasteiger partial charge >= 0.3 is 5.97 Å². The maximum atomic E-state index is 10.6. The van der Waals surface area contributed by atoms with Crippen molar-refractivity contribution < 1.29 is 14.6 Å². The molecule has 3 rings (SSSR count). The second-order valence-electron chi connectivity index (χ2n) is 8.84. The third-order valence-electron chi connectivity index (χ3n) is 6.84. The molecule has 1 fully saturated rings. The van der Waals surface area contributed by atoms with E-state index in [9.17, 15) is 4.79 Å². The van der Waals surface area contributed by atoms with Crippen molar-refractivity contribution in [3.8, 4) is 5.75 Å². The molecule has 2 aromatic rings. The third-order valence-corrected chi connectivity index (χ3v) is 7.19. The summed E-state index contributed by atoms with van der Waals surface area (Å²) in [5.41, 5.74) is 2.61. The lowest BCUT2D eigenvalue weighted by atomic mass is 9.67. The van der Waals surface area contributed by atoms with E-state index in [1.165, 1.54) is 43.2 Å². The van der Waals surface area contributed by atoms with Gasteiger partial charge in [-0.15, -0.1) is 0 Å². The van der Waals surface area contributed by atoms with E-state index >= 15 is 0 Å². The monoisotopic (exact) mass is 442 g/mol. The smallest absolute Gasteiger partial charge is 0.303 e. The molecule has 4 heteroatoms. The van der Waals surface area contributed by atoms with E-state index in [0.29, 0.717) is 24.2 Å². The fourth-order valence-electron chi connectivity index (χ4n) is 5.23. The zero-order valence-electron chi connectivity index (χ0n) is 18.6. The molecular formula is C27H35ClO3. The van der Waals surface area contributed by atoms with Gasteiger partial charge in [-0.25, -0.2) is 0 Å². The zero-order chi connectivity index (χ0) is 22.1. The van der Waals surface area contributed by atoms with Crippen LogP contribution in [0.5, 0.6) is 5.75 Å². The summed E-state index contributed by atoms with van der Waals surface area (Å²) >= 11 is 6.55. The van der Waals surface area contributed by atoms with Crippen LogP contribution in [0.15, 0.2) is 48.5 Å². The first kappa shape index (κ1) is 23.7. The van der Waals surface area contributed by atoms with Crippen molar-refractivity contribution in [1.29, 1.82) is 0 Å². The third kappa shape index (κ3) is 6.74. The lowest BCUT2D eigenvalue weighted by molar-refractivity contribution is -0.137. The van der Waals surface area contributed by atoms with Crippen molar-refractivity contribution in [2.75, 3.05) is 7.11 Å². The van der Waals surface area contributed by atoms with Gasteiger partial charge in [0, 0.05) is 11.4 Å². The van der Waals surface area contributed by atoms with E-state index in [1.807, 2.05) is 18.2 Å². The number of hydrogen-bond donors (Lipinski definition) is 1. The van der Waals surface area contributed by atoms with Crippen molar-refractivity contribution in [1.82, 2.24) is 0 Å². The van der Waals surface area contributed by atoms with Crippen molar-refractivity contribution in [3.63, 3.8) is 0 Å². The van der Waals surface area contributed by atoms with Gasteiger partial charge in [0.25, 0.3) is 0 Å². The summed E-state index contributed by atoms with van der Waals surface area (Å²) in [5.74, 6) is 1.91. The highest BCUT2D eigenvalue weighted by atomic mass is 35.5. The molecule has 1 saturated carbocycles. The van der Waals surface area contributed by atoms with Crippen molar-refractivity contribution in [3.05, 3.63) is 64.7 Å². The molecule has 0 saturated heterocycles. The number of carboxylic acid groups (broad SMARTS) is 1. The van der Waals surface area contributed by atoms with Crippen molar-refractivity contribution in [2.24, 2.45) is 5.92 Å². The normalized spacial score (nSPS) is 21.0. The predicted molar refractivity (Wildman–Crippen MR) is 127 cm³/mol. The van der Waals surface area contributed by atoms with Crippen LogP contribution >= 0.6 is 11.6 Å². The minimum absolute atomic E-state index is 0.294. The summed E-state index contributed by atoms with van der Waals surface area (Å²) in [6, 6.07) is 16.8. The van der Waals surface area contributed by atoms with Crippen LogP contribution < -0.4 is 4.74 Å². The van der Waals surface area contributed by atoms with Gasteiger partial charge in [0.1, 0.15) is 5.75 Å². The SMILES string of the molecule is COc1ccccc1[C@H]1C[C@@H](c2ccccc2Cl)CC[C@H]1CCCCCCCC(=O)O. The first-order chi connectivity index (χ1) is 15.1. The van der Waals surface area contributed by atoms with Gasteiger partial charge in [0.05, 0.1) is 7.11 Å². The number of unbranched alkanes of at least 4 members (excludes halogenated alkanes) is 4. The summed E-state index contributed by atoms with van der Waals surface area (Å²) < 4.78 is 5.73. The molecule has 31 heavy (non-hydrogen) atoms. The second kappa shape index (κ2) is 12.1. The highest BCUT2D eigenvalue weighted by Crippen LogP contribution is 2.49. The fraction of sp³-hybridized carbons (Fsp3) is 0.519. The first-order valence-corrected chi connectivity index (χ1v) is 12.1. The lowest BCUT2D eigenvalue weighted by Gasteiger charge is -2.38. The summed E-state index contributed by atoms with van der Waals surface area (Å²) in [6.45, 7) is 0. The summed E-state index contributed by atoms with van der Waals surface area (Å²) in [7, 11) is 1.76. The van der Waals surface area contributed by atoms with Gasteiger partial charge in [-0.2, -0.15) is 0 Å². The van der Waals surface area contributed by atoms with Crippen LogP contribution in [0.4, 0.5) is 0 Å². The van der Waals surface area contributed by atoms with E-state index in [4.69, 9.17) is 21.4 Å². The molecule has 0 aromatic heterocycles. The predicted octanol–water partition coefficient (Wildman–Crippen LogP) is 7.83. The van der Waals surface area contributed by atoms with Gasteiger partial charge in [0.2, 0.25) is 0 Å². The number of ether oxygens (including phenoxy) is 1. The molecule has 0 amide bonds. The Morgan fingerprint density at radius 2 is 1.65 bits per heavy atom. The summed E-state index contributed by atoms with van der Waals surface area (Å²) in [5, 5.41) is 9.65. The number of hydrogen-bond acceptors (Lipinski definition) is 2. The Balaban J connectivity index is 1.65. The molecule has 168 valence electrons. The number of benzene rings is 2. The minimum atomic E-state index is -0.685. The van der Waals surface area contributed by atoms with Crippen LogP contribution in [-0.2, 0) is 4.79 Å². The Morgan fingerprint density at radius 1 is 0.968 bits per heavy atom. The Labute approximate surface area is 191 Å². The Bertz CT molecular complexity index is 835. The van der Waals surface area contributed by atoms with Crippen LogP contribution in [-0.4, -0.2) is 18.2 Å². The standard InChI is InChI=1S/C27H35ClO3/c1-31-26-15-10-8-13-23(26)24-19-21(22-12-7-9-14-25(22)28)18-17-20(24)11-5-3-2-4-6-16-27(29)30/h7-10,12-15,20-21,24H,2-6,11,16-19H2,1H3,(H,29,30)/t20-,21+,24+/m1/s1. The van der Waals surface area contributed by atoms with Crippen LogP contribution in [0.1, 0.15) is 87.2 Å². The molecule has 1 aliphatic carbocycles.